The average Bonchev–Trinajstić information content (AvgIpc) is 2.24. The molecule has 17 heavy (non-hydrogen) atoms. The maximum absolute atomic E-state index is 3.27. The Hall–Kier alpha value is -0.820. The van der Waals surface area contributed by atoms with Crippen LogP contribution in [0.5, 0.6) is 0 Å². The van der Waals surface area contributed by atoms with Gasteiger partial charge in [0.25, 0.3) is 0 Å². The Bertz CT molecular complexity index is 341. The van der Waals surface area contributed by atoms with Gasteiger partial charge in [-0.25, -0.2) is 0 Å². The van der Waals surface area contributed by atoms with Crippen molar-refractivity contribution in [3.63, 3.8) is 0 Å². The van der Waals surface area contributed by atoms with Crippen LogP contribution in [0.25, 0.3) is 0 Å². The molecule has 0 amide bonds. The van der Waals surface area contributed by atoms with Crippen molar-refractivity contribution in [2.24, 2.45) is 5.92 Å². The van der Waals surface area contributed by atoms with Crippen molar-refractivity contribution >= 4 is 0 Å². The summed E-state index contributed by atoms with van der Waals surface area (Å²) >= 11 is 0. The number of aryl methyl sites for hydroxylation is 2. The second-order valence-electron chi connectivity index (χ2n) is 5.58. The quantitative estimate of drug-likeness (QED) is 0.782. The molecule has 0 radical (unpaired) electrons. The molecule has 1 N–H and O–H groups in total. The highest BCUT2D eigenvalue weighted by molar-refractivity contribution is 5.33. The molecular formula is C16H27N. The van der Waals surface area contributed by atoms with E-state index in [0.29, 0.717) is 5.92 Å². The van der Waals surface area contributed by atoms with Gasteiger partial charge in [0, 0.05) is 0 Å². The molecule has 1 aromatic carbocycles. The standard InChI is InChI=1S/C16H27N/c1-12(2)10-15(8-9-17-5)16-7-6-13(3)11-14(16)4/h6-7,11-12,15,17H,8-10H2,1-5H3. The first kappa shape index (κ1) is 14.2. The van der Waals surface area contributed by atoms with Crippen LogP contribution in [0.1, 0.15) is 49.3 Å². The van der Waals surface area contributed by atoms with Crippen molar-refractivity contribution in [3.05, 3.63) is 34.9 Å². The molecule has 0 aliphatic rings. The van der Waals surface area contributed by atoms with Crippen molar-refractivity contribution in [1.82, 2.24) is 5.32 Å². The van der Waals surface area contributed by atoms with Gasteiger partial charge >= 0.3 is 0 Å². The van der Waals surface area contributed by atoms with Crippen LogP contribution in [0.4, 0.5) is 0 Å². The number of nitrogens with one attached hydrogen (secondary N) is 1. The van der Waals surface area contributed by atoms with E-state index >= 15 is 0 Å². The van der Waals surface area contributed by atoms with Gasteiger partial charge in [-0.05, 0) is 63.2 Å². The summed E-state index contributed by atoms with van der Waals surface area (Å²) in [7, 11) is 2.04. The Morgan fingerprint density at radius 2 is 1.88 bits per heavy atom. The summed E-state index contributed by atoms with van der Waals surface area (Å²) in [5, 5.41) is 3.27. The van der Waals surface area contributed by atoms with E-state index in [0.717, 1.165) is 12.5 Å². The van der Waals surface area contributed by atoms with Crippen LogP contribution in [0, 0.1) is 19.8 Å². The van der Waals surface area contributed by atoms with Gasteiger partial charge in [-0.2, -0.15) is 0 Å². The topological polar surface area (TPSA) is 12.0 Å². The smallest absolute Gasteiger partial charge is 0.00461 e. The number of hydrogen-bond acceptors (Lipinski definition) is 1. The molecule has 0 bridgehead atoms. The summed E-state index contributed by atoms with van der Waals surface area (Å²) in [6.45, 7) is 10.1. The van der Waals surface area contributed by atoms with Crippen LogP contribution in [0.15, 0.2) is 18.2 Å². The Labute approximate surface area is 107 Å². The monoisotopic (exact) mass is 233 g/mol. The fourth-order valence-electron chi connectivity index (χ4n) is 2.57. The lowest BCUT2D eigenvalue weighted by Crippen LogP contribution is -2.14. The molecule has 0 saturated carbocycles. The molecule has 0 spiro atoms. The highest BCUT2D eigenvalue weighted by Crippen LogP contribution is 2.29. The van der Waals surface area contributed by atoms with Crippen LogP contribution < -0.4 is 5.32 Å². The van der Waals surface area contributed by atoms with Crippen LogP contribution >= 0.6 is 0 Å². The Kier molecular flexibility index (Phi) is 5.70. The molecule has 0 aliphatic heterocycles. The van der Waals surface area contributed by atoms with E-state index in [1.165, 1.54) is 24.0 Å². The molecule has 0 fully saturated rings. The lowest BCUT2D eigenvalue weighted by atomic mass is 9.85. The van der Waals surface area contributed by atoms with E-state index in [-0.39, 0.29) is 0 Å². The number of benzene rings is 1. The van der Waals surface area contributed by atoms with Gasteiger partial charge in [-0.15, -0.1) is 0 Å². The minimum atomic E-state index is 0.697. The van der Waals surface area contributed by atoms with E-state index in [4.69, 9.17) is 0 Å². The van der Waals surface area contributed by atoms with E-state index in [2.05, 4.69) is 51.2 Å². The van der Waals surface area contributed by atoms with Crippen molar-refractivity contribution in [1.29, 1.82) is 0 Å². The zero-order valence-corrected chi connectivity index (χ0v) is 12.0. The van der Waals surface area contributed by atoms with Gasteiger partial charge in [0.15, 0.2) is 0 Å². The summed E-state index contributed by atoms with van der Waals surface area (Å²) in [6.07, 6.45) is 2.52. The van der Waals surface area contributed by atoms with Crippen molar-refractivity contribution < 1.29 is 0 Å². The van der Waals surface area contributed by atoms with Gasteiger partial charge in [0.2, 0.25) is 0 Å². The van der Waals surface area contributed by atoms with Crippen LogP contribution in [0.2, 0.25) is 0 Å². The third-order valence-electron chi connectivity index (χ3n) is 3.36. The van der Waals surface area contributed by atoms with Crippen molar-refractivity contribution in [3.8, 4) is 0 Å². The average molecular weight is 233 g/mol. The van der Waals surface area contributed by atoms with E-state index in [1.54, 1.807) is 5.56 Å². The van der Waals surface area contributed by atoms with E-state index in [9.17, 15) is 0 Å². The maximum atomic E-state index is 3.27. The van der Waals surface area contributed by atoms with Crippen molar-refractivity contribution in [2.75, 3.05) is 13.6 Å². The Balaban J connectivity index is 2.86. The molecule has 96 valence electrons. The highest BCUT2D eigenvalue weighted by Gasteiger charge is 2.15. The first-order valence-electron chi connectivity index (χ1n) is 6.76. The summed E-state index contributed by atoms with van der Waals surface area (Å²) in [5.41, 5.74) is 4.36. The molecular weight excluding hydrogens is 206 g/mol. The molecule has 1 unspecified atom stereocenters. The van der Waals surface area contributed by atoms with Crippen LogP contribution in [-0.2, 0) is 0 Å². The molecule has 1 rings (SSSR count). The Morgan fingerprint density at radius 3 is 2.41 bits per heavy atom. The zero-order valence-electron chi connectivity index (χ0n) is 12.0. The van der Waals surface area contributed by atoms with Gasteiger partial charge in [-0.3, -0.25) is 0 Å². The van der Waals surface area contributed by atoms with Crippen LogP contribution in [0.3, 0.4) is 0 Å². The minimum absolute atomic E-state index is 0.697. The summed E-state index contributed by atoms with van der Waals surface area (Å²) in [6, 6.07) is 6.88. The molecule has 1 nitrogen and oxygen atoms in total. The number of rotatable bonds is 6. The Morgan fingerprint density at radius 1 is 1.18 bits per heavy atom. The number of hydrogen-bond donors (Lipinski definition) is 1. The van der Waals surface area contributed by atoms with E-state index < -0.39 is 0 Å². The molecule has 0 heterocycles. The van der Waals surface area contributed by atoms with Crippen molar-refractivity contribution in [2.45, 2.75) is 46.5 Å². The first-order chi connectivity index (χ1) is 8.04. The van der Waals surface area contributed by atoms with Crippen LogP contribution in [-0.4, -0.2) is 13.6 Å². The molecule has 0 saturated heterocycles. The lowest BCUT2D eigenvalue weighted by molar-refractivity contribution is 0.469. The predicted molar refractivity (Wildman–Crippen MR) is 76.7 cm³/mol. The second-order valence-corrected chi connectivity index (χ2v) is 5.58. The molecule has 1 aromatic rings. The third-order valence-corrected chi connectivity index (χ3v) is 3.36. The van der Waals surface area contributed by atoms with Gasteiger partial charge in [-0.1, -0.05) is 37.6 Å². The zero-order chi connectivity index (χ0) is 12.8. The first-order valence-corrected chi connectivity index (χ1v) is 6.76. The SMILES string of the molecule is CNCCC(CC(C)C)c1ccc(C)cc1C. The third kappa shape index (κ3) is 4.51. The minimum Gasteiger partial charge on any atom is -0.320 e. The van der Waals surface area contributed by atoms with Gasteiger partial charge < -0.3 is 5.32 Å². The fraction of sp³-hybridized carbons (Fsp3) is 0.625. The largest absolute Gasteiger partial charge is 0.320 e. The summed E-state index contributed by atoms with van der Waals surface area (Å²) in [5.74, 6) is 1.46. The normalized spacial score (nSPS) is 13.1. The molecule has 1 heteroatoms. The molecule has 1 atom stereocenters. The summed E-state index contributed by atoms with van der Waals surface area (Å²) in [4.78, 5) is 0. The predicted octanol–water partition coefficient (Wildman–Crippen LogP) is 4.04. The lowest BCUT2D eigenvalue weighted by Gasteiger charge is -2.21. The molecule has 0 aromatic heterocycles. The maximum Gasteiger partial charge on any atom is -0.00461 e. The van der Waals surface area contributed by atoms with E-state index in [1.807, 2.05) is 7.05 Å². The highest BCUT2D eigenvalue weighted by atomic mass is 14.8. The molecule has 0 aliphatic carbocycles. The summed E-state index contributed by atoms with van der Waals surface area (Å²) < 4.78 is 0. The van der Waals surface area contributed by atoms with Gasteiger partial charge in [0.05, 0.1) is 0 Å². The fourth-order valence-corrected chi connectivity index (χ4v) is 2.57. The van der Waals surface area contributed by atoms with Gasteiger partial charge in [0.1, 0.15) is 0 Å². The second kappa shape index (κ2) is 6.80.